The molecular weight excluding hydrogens is 338 g/mol. The minimum Gasteiger partial charge on any atom is -0.486 e. The van der Waals surface area contributed by atoms with Crippen molar-refractivity contribution < 1.29 is 9.53 Å². The fourth-order valence-corrected chi connectivity index (χ4v) is 3.36. The average molecular weight is 354 g/mol. The first-order chi connectivity index (χ1) is 10.6. The number of thioether (sulfide) groups is 1. The van der Waals surface area contributed by atoms with E-state index < -0.39 is 0 Å². The standard InChI is InChI=1S/C16H16ClNO2S2/c1-2-18-16(21)22-12(10-19)9-11-7-8-15(20-11)13-5-3-4-6-14(13)17/h3-7,9-10,15H,2,8H2,1H3,(H,18,21)/b12-9-. The van der Waals surface area contributed by atoms with Crippen LogP contribution >= 0.6 is 35.6 Å². The maximum absolute atomic E-state index is 11.2. The smallest absolute Gasteiger partial charge is 0.156 e. The number of hydrogen-bond donors (Lipinski definition) is 1. The minimum absolute atomic E-state index is 0.112. The topological polar surface area (TPSA) is 38.3 Å². The number of hydrogen-bond acceptors (Lipinski definition) is 4. The first-order valence-corrected chi connectivity index (χ1v) is 8.48. The molecule has 0 amide bonds. The number of rotatable bonds is 5. The molecule has 0 aromatic heterocycles. The molecule has 0 bridgehead atoms. The Kier molecular flexibility index (Phi) is 6.49. The van der Waals surface area contributed by atoms with Gasteiger partial charge in [0, 0.05) is 23.6 Å². The zero-order valence-electron chi connectivity index (χ0n) is 12.0. The molecule has 116 valence electrons. The molecule has 1 unspecified atom stereocenters. The van der Waals surface area contributed by atoms with Gasteiger partial charge >= 0.3 is 0 Å². The second-order valence-electron chi connectivity index (χ2n) is 4.55. The Morgan fingerprint density at radius 1 is 1.55 bits per heavy atom. The second-order valence-corrected chi connectivity index (χ2v) is 6.71. The molecule has 1 aliphatic heterocycles. The van der Waals surface area contributed by atoms with Crippen LogP contribution in [0.5, 0.6) is 0 Å². The Labute approximate surface area is 144 Å². The van der Waals surface area contributed by atoms with Crippen molar-refractivity contribution in [2.75, 3.05) is 6.54 Å². The number of thiocarbonyl (C=S) groups is 1. The van der Waals surface area contributed by atoms with Crippen LogP contribution in [0.1, 0.15) is 25.0 Å². The van der Waals surface area contributed by atoms with E-state index >= 15 is 0 Å². The van der Waals surface area contributed by atoms with Crippen molar-refractivity contribution in [3.8, 4) is 0 Å². The van der Waals surface area contributed by atoms with Crippen LogP contribution < -0.4 is 5.32 Å². The van der Waals surface area contributed by atoms with Crippen LogP contribution in [-0.2, 0) is 9.53 Å². The fraction of sp³-hybridized carbons (Fsp3) is 0.250. The van der Waals surface area contributed by atoms with E-state index in [-0.39, 0.29) is 6.10 Å². The molecule has 6 heteroatoms. The summed E-state index contributed by atoms with van der Waals surface area (Å²) in [5.74, 6) is 0.666. The van der Waals surface area contributed by atoms with Crippen LogP contribution in [0.15, 0.2) is 47.1 Å². The molecule has 0 radical (unpaired) electrons. The van der Waals surface area contributed by atoms with Crippen LogP contribution in [0.25, 0.3) is 0 Å². The van der Waals surface area contributed by atoms with Crippen molar-refractivity contribution in [1.29, 1.82) is 0 Å². The molecule has 0 spiro atoms. The van der Waals surface area contributed by atoms with E-state index in [0.717, 1.165) is 24.8 Å². The van der Waals surface area contributed by atoms with Gasteiger partial charge in [0.2, 0.25) is 0 Å². The van der Waals surface area contributed by atoms with Crippen molar-refractivity contribution >= 4 is 46.2 Å². The number of carbonyl (C=O) groups is 1. The Morgan fingerprint density at radius 2 is 2.32 bits per heavy atom. The lowest BCUT2D eigenvalue weighted by atomic mass is 10.1. The SMILES string of the molecule is CCNC(=S)S/C(C=O)=C\C1=CCC(c2ccccc2Cl)O1. The molecule has 0 saturated carbocycles. The summed E-state index contributed by atoms with van der Waals surface area (Å²) in [6, 6.07) is 7.61. The third-order valence-corrected chi connectivity index (χ3v) is 4.51. The highest BCUT2D eigenvalue weighted by atomic mass is 35.5. The summed E-state index contributed by atoms with van der Waals surface area (Å²) in [6.07, 6.45) is 5.05. The zero-order chi connectivity index (χ0) is 15.9. The summed E-state index contributed by atoms with van der Waals surface area (Å²) >= 11 is 12.5. The van der Waals surface area contributed by atoms with Gasteiger partial charge in [-0.2, -0.15) is 0 Å². The van der Waals surface area contributed by atoms with E-state index in [1.807, 2.05) is 37.3 Å². The molecular formula is C16H16ClNO2S2. The molecule has 2 rings (SSSR count). The molecule has 3 nitrogen and oxygen atoms in total. The highest BCUT2D eigenvalue weighted by Crippen LogP contribution is 2.35. The van der Waals surface area contributed by atoms with E-state index in [1.54, 1.807) is 6.08 Å². The quantitative estimate of drug-likeness (QED) is 0.482. The molecule has 1 heterocycles. The van der Waals surface area contributed by atoms with Crippen molar-refractivity contribution in [3.05, 3.63) is 57.7 Å². The third kappa shape index (κ3) is 4.60. The first kappa shape index (κ1) is 17.1. The summed E-state index contributed by atoms with van der Waals surface area (Å²) in [5, 5.41) is 3.68. The predicted molar refractivity (Wildman–Crippen MR) is 96.0 cm³/mol. The number of benzene rings is 1. The highest BCUT2D eigenvalue weighted by Gasteiger charge is 2.21. The Balaban J connectivity index is 2.02. The maximum Gasteiger partial charge on any atom is 0.156 e. The number of ether oxygens (including phenoxy) is 1. The monoisotopic (exact) mass is 353 g/mol. The van der Waals surface area contributed by atoms with Gasteiger partial charge in [0.15, 0.2) is 6.29 Å². The summed E-state index contributed by atoms with van der Waals surface area (Å²) in [5.41, 5.74) is 0.951. The van der Waals surface area contributed by atoms with Crippen molar-refractivity contribution in [2.24, 2.45) is 0 Å². The lowest BCUT2D eigenvalue weighted by Gasteiger charge is -2.14. The van der Waals surface area contributed by atoms with Gasteiger partial charge in [-0.15, -0.1) is 0 Å². The highest BCUT2D eigenvalue weighted by molar-refractivity contribution is 8.25. The van der Waals surface area contributed by atoms with Gasteiger partial charge in [-0.05, 0) is 25.1 Å². The summed E-state index contributed by atoms with van der Waals surface area (Å²) < 4.78 is 6.44. The summed E-state index contributed by atoms with van der Waals surface area (Å²) in [7, 11) is 0. The Bertz CT molecular complexity index is 628. The van der Waals surface area contributed by atoms with Gasteiger partial charge < -0.3 is 10.1 Å². The van der Waals surface area contributed by atoms with E-state index in [4.69, 9.17) is 28.6 Å². The summed E-state index contributed by atoms with van der Waals surface area (Å²) in [6.45, 7) is 2.68. The van der Waals surface area contributed by atoms with Crippen molar-refractivity contribution in [3.63, 3.8) is 0 Å². The van der Waals surface area contributed by atoms with Gasteiger partial charge in [-0.25, -0.2) is 0 Å². The molecule has 1 N–H and O–H groups in total. The average Bonchev–Trinajstić information content (AvgIpc) is 2.95. The van der Waals surface area contributed by atoms with E-state index in [0.29, 0.717) is 20.0 Å². The van der Waals surface area contributed by atoms with E-state index in [1.165, 1.54) is 11.8 Å². The number of aldehydes is 1. The fourth-order valence-electron chi connectivity index (χ4n) is 2.02. The van der Waals surface area contributed by atoms with Gasteiger partial charge in [-0.1, -0.05) is 53.8 Å². The summed E-state index contributed by atoms with van der Waals surface area (Å²) in [4.78, 5) is 11.7. The van der Waals surface area contributed by atoms with Crippen LogP contribution in [0.2, 0.25) is 5.02 Å². The zero-order valence-corrected chi connectivity index (χ0v) is 14.4. The lowest BCUT2D eigenvalue weighted by molar-refractivity contribution is -0.104. The molecule has 1 aromatic carbocycles. The Morgan fingerprint density at radius 3 is 3.00 bits per heavy atom. The number of allylic oxidation sites excluding steroid dienone is 2. The van der Waals surface area contributed by atoms with Crippen LogP contribution in [0.4, 0.5) is 0 Å². The van der Waals surface area contributed by atoms with Gasteiger partial charge in [-0.3, -0.25) is 4.79 Å². The van der Waals surface area contributed by atoms with Crippen molar-refractivity contribution in [1.82, 2.24) is 5.32 Å². The predicted octanol–water partition coefficient (Wildman–Crippen LogP) is 4.40. The van der Waals surface area contributed by atoms with Gasteiger partial charge in [0.25, 0.3) is 0 Å². The molecule has 1 aliphatic rings. The lowest BCUT2D eigenvalue weighted by Crippen LogP contribution is -2.17. The Hall–Kier alpha value is -1.30. The third-order valence-electron chi connectivity index (χ3n) is 3.00. The normalized spacial score (nSPS) is 17.6. The molecule has 1 aromatic rings. The maximum atomic E-state index is 11.2. The molecule has 1 atom stereocenters. The molecule has 0 saturated heterocycles. The van der Waals surface area contributed by atoms with Gasteiger partial charge in [0.05, 0.1) is 4.91 Å². The number of halogens is 1. The van der Waals surface area contributed by atoms with Crippen LogP contribution in [0.3, 0.4) is 0 Å². The second kappa shape index (κ2) is 8.36. The molecule has 0 fully saturated rings. The number of nitrogens with one attached hydrogen (secondary N) is 1. The molecule has 0 aliphatic carbocycles. The van der Waals surface area contributed by atoms with Crippen molar-refractivity contribution in [2.45, 2.75) is 19.4 Å². The number of carbonyl (C=O) groups excluding carboxylic acids is 1. The molecule has 22 heavy (non-hydrogen) atoms. The van der Waals surface area contributed by atoms with Gasteiger partial charge in [0.1, 0.15) is 16.2 Å². The van der Waals surface area contributed by atoms with E-state index in [2.05, 4.69) is 5.32 Å². The van der Waals surface area contributed by atoms with E-state index in [9.17, 15) is 4.79 Å². The van der Waals surface area contributed by atoms with Crippen LogP contribution in [-0.4, -0.2) is 17.2 Å². The van der Waals surface area contributed by atoms with Crippen LogP contribution in [0, 0.1) is 0 Å². The largest absolute Gasteiger partial charge is 0.486 e. The first-order valence-electron chi connectivity index (χ1n) is 6.87. The minimum atomic E-state index is -0.112.